The summed E-state index contributed by atoms with van der Waals surface area (Å²) in [7, 11) is 0. The van der Waals surface area contributed by atoms with Crippen LogP contribution in [0.25, 0.3) is 5.57 Å². The number of piperidine rings is 1. The second-order valence-electron chi connectivity index (χ2n) is 8.37. The Balaban J connectivity index is 1.50. The fourth-order valence-electron chi connectivity index (χ4n) is 3.68. The summed E-state index contributed by atoms with van der Waals surface area (Å²) in [5, 5.41) is 0. The summed E-state index contributed by atoms with van der Waals surface area (Å²) in [6, 6.07) is 10.4. The smallest absolute Gasteiger partial charge is 0.410 e. The average Bonchev–Trinajstić information content (AvgIpc) is 2.67. The van der Waals surface area contributed by atoms with E-state index < -0.39 is 5.60 Å². The van der Waals surface area contributed by atoms with Gasteiger partial charge < -0.3 is 14.5 Å². The third kappa shape index (κ3) is 5.12. The van der Waals surface area contributed by atoms with Crippen LogP contribution >= 0.6 is 0 Å². The van der Waals surface area contributed by atoms with Crippen LogP contribution in [0.3, 0.4) is 0 Å². The number of amides is 2. The second-order valence-corrected chi connectivity index (χ2v) is 8.37. The van der Waals surface area contributed by atoms with Gasteiger partial charge in [0.15, 0.2) is 0 Å². The van der Waals surface area contributed by atoms with Crippen LogP contribution in [-0.4, -0.2) is 53.6 Å². The molecule has 2 aliphatic heterocycles. The Morgan fingerprint density at radius 1 is 1.00 bits per heavy atom. The number of carbonyl (C=O) groups excluding carboxylic acids is 2. The van der Waals surface area contributed by atoms with E-state index in [1.165, 1.54) is 11.1 Å². The van der Waals surface area contributed by atoms with E-state index in [-0.39, 0.29) is 17.9 Å². The summed E-state index contributed by atoms with van der Waals surface area (Å²) in [5.41, 5.74) is 2.08. The Hall–Kier alpha value is -2.30. The number of likely N-dealkylation sites (tertiary alicyclic amines) is 1. The largest absolute Gasteiger partial charge is 0.444 e. The molecule has 0 bridgehead atoms. The van der Waals surface area contributed by atoms with E-state index in [0.717, 1.165) is 13.0 Å². The van der Waals surface area contributed by atoms with E-state index in [0.29, 0.717) is 32.5 Å². The Kier molecular flexibility index (Phi) is 5.88. The molecule has 0 aliphatic carbocycles. The van der Waals surface area contributed by atoms with Crippen molar-refractivity contribution >= 4 is 17.6 Å². The van der Waals surface area contributed by atoms with E-state index in [1.807, 2.05) is 43.9 Å². The van der Waals surface area contributed by atoms with Crippen molar-refractivity contribution in [3.8, 4) is 0 Å². The first-order chi connectivity index (χ1) is 12.8. The number of hydrogen-bond donors (Lipinski definition) is 0. The molecule has 5 nitrogen and oxygen atoms in total. The van der Waals surface area contributed by atoms with Gasteiger partial charge in [-0.05, 0) is 51.2 Å². The normalized spacial score (nSPS) is 18.9. The molecule has 0 spiro atoms. The van der Waals surface area contributed by atoms with Crippen molar-refractivity contribution in [3.63, 3.8) is 0 Å². The number of hydrogen-bond acceptors (Lipinski definition) is 3. The van der Waals surface area contributed by atoms with Gasteiger partial charge in [0.05, 0.1) is 0 Å². The number of benzene rings is 1. The van der Waals surface area contributed by atoms with Gasteiger partial charge in [0.1, 0.15) is 5.60 Å². The van der Waals surface area contributed by atoms with E-state index in [9.17, 15) is 9.59 Å². The molecule has 0 N–H and O–H groups in total. The first kappa shape index (κ1) is 19.5. The molecular weight excluding hydrogens is 340 g/mol. The monoisotopic (exact) mass is 370 g/mol. The Labute approximate surface area is 162 Å². The fraction of sp³-hybridized carbons (Fsp3) is 0.545. The molecule has 0 atom stereocenters. The summed E-state index contributed by atoms with van der Waals surface area (Å²) in [6.45, 7) is 8.23. The van der Waals surface area contributed by atoms with Crippen LogP contribution in [0.5, 0.6) is 0 Å². The summed E-state index contributed by atoms with van der Waals surface area (Å²) in [4.78, 5) is 28.7. The molecule has 3 rings (SSSR count). The van der Waals surface area contributed by atoms with Crippen molar-refractivity contribution in [3.05, 3.63) is 42.0 Å². The van der Waals surface area contributed by atoms with Crippen LogP contribution < -0.4 is 0 Å². The lowest BCUT2D eigenvalue weighted by molar-refractivity contribution is -0.136. The number of nitrogens with zero attached hydrogens (tertiary/aromatic N) is 2. The van der Waals surface area contributed by atoms with Crippen molar-refractivity contribution in [1.29, 1.82) is 0 Å². The van der Waals surface area contributed by atoms with Gasteiger partial charge in [-0.1, -0.05) is 36.4 Å². The molecule has 146 valence electrons. The zero-order chi connectivity index (χ0) is 19.4. The highest BCUT2D eigenvalue weighted by Gasteiger charge is 2.32. The fourth-order valence-corrected chi connectivity index (χ4v) is 3.68. The van der Waals surface area contributed by atoms with Gasteiger partial charge in [-0.15, -0.1) is 0 Å². The van der Waals surface area contributed by atoms with Gasteiger partial charge in [-0.25, -0.2) is 4.79 Å². The van der Waals surface area contributed by atoms with Crippen LogP contribution in [0.4, 0.5) is 4.79 Å². The molecule has 0 saturated carbocycles. The van der Waals surface area contributed by atoms with E-state index in [4.69, 9.17) is 4.74 Å². The van der Waals surface area contributed by atoms with Crippen molar-refractivity contribution in [2.45, 2.75) is 45.6 Å². The third-order valence-corrected chi connectivity index (χ3v) is 5.16. The third-order valence-electron chi connectivity index (χ3n) is 5.16. The van der Waals surface area contributed by atoms with Crippen LogP contribution in [0.2, 0.25) is 0 Å². The standard InChI is InChI=1S/C22H30N2O3/c1-22(2,3)27-21(26)24-15-11-19(12-16-24)20(25)23-13-9-18(10-14-23)17-7-5-4-6-8-17/h4-9,19H,10-16H2,1-3H3. The van der Waals surface area contributed by atoms with Crippen molar-refractivity contribution in [1.82, 2.24) is 9.80 Å². The van der Waals surface area contributed by atoms with Gasteiger partial charge >= 0.3 is 6.09 Å². The van der Waals surface area contributed by atoms with Gasteiger partial charge in [-0.3, -0.25) is 4.79 Å². The molecule has 1 aromatic rings. The lowest BCUT2D eigenvalue weighted by Crippen LogP contribution is -2.46. The molecule has 27 heavy (non-hydrogen) atoms. The summed E-state index contributed by atoms with van der Waals surface area (Å²) in [6.07, 6.45) is 4.22. The van der Waals surface area contributed by atoms with E-state index >= 15 is 0 Å². The summed E-state index contributed by atoms with van der Waals surface area (Å²) in [5.74, 6) is 0.234. The highest BCUT2D eigenvalue weighted by atomic mass is 16.6. The SMILES string of the molecule is CC(C)(C)OC(=O)N1CCC(C(=O)N2CC=C(c3ccccc3)CC2)CC1. The molecule has 2 aliphatic rings. The molecule has 1 saturated heterocycles. The zero-order valence-corrected chi connectivity index (χ0v) is 16.6. The minimum absolute atomic E-state index is 0.00959. The minimum atomic E-state index is -0.486. The van der Waals surface area contributed by atoms with Gasteiger partial charge in [0, 0.05) is 32.1 Å². The van der Waals surface area contributed by atoms with Crippen molar-refractivity contribution in [2.24, 2.45) is 5.92 Å². The lowest BCUT2D eigenvalue weighted by atomic mass is 9.93. The summed E-state index contributed by atoms with van der Waals surface area (Å²) >= 11 is 0. The lowest BCUT2D eigenvalue weighted by Gasteiger charge is -2.36. The van der Waals surface area contributed by atoms with E-state index in [1.54, 1.807) is 4.90 Å². The maximum absolute atomic E-state index is 12.9. The molecule has 1 aromatic carbocycles. The van der Waals surface area contributed by atoms with Crippen LogP contribution in [0.1, 0.15) is 45.6 Å². The average molecular weight is 370 g/mol. The Bertz CT molecular complexity index is 698. The molecule has 0 aromatic heterocycles. The molecule has 1 fully saturated rings. The maximum atomic E-state index is 12.9. The first-order valence-corrected chi connectivity index (χ1v) is 9.84. The second kappa shape index (κ2) is 8.15. The molecule has 0 unspecified atom stereocenters. The van der Waals surface area contributed by atoms with Crippen molar-refractivity contribution in [2.75, 3.05) is 26.2 Å². The van der Waals surface area contributed by atoms with Gasteiger partial charge in [0.2, 0.25) is 5.91 Å². The zero-order valence-electron chi connectivity index (χ0n) is 16.6. The predicted molar refractivity (Wildman–Crippen MR) is 106 cm³/mol. The van der Waals surface area contributed by atoms with Gasteiger partial charge in [-0.2, -0.15) is 0 Å². The molecule has 2 heterocycles. The number of ether oxygens (including phenoxy) is 1. The number of carbonyl (C=O) groups is 2. The predicted octanol–water partition coefficient (Wildman–Crippen LogP) is 3.95. The van der Waals surface area contributed by atoms with E-state index in [2.05, 4.69) is 18.2 Å². The van der Waals surface area contributed by atoms with Crippen LogP contribution in [0, 0.1) is 5.92 Å². The van der Waals surface area contributed by atoms with Gasteiger partial charge in [0.25, 0.3) is 0 Å². The Morgan fingerprint density at radius 3 is 2.22 bits per heavy atom. The molecule has 5 heteroatoms. The maximum Gasteiger partial charge on any atom is 0.410 e. The first-order valence-electron chi connectivity index (χ1n) is 9.84. The molecule has 0 radical (unpaired) electrons. The Morgan fingerprint density at radius 2 is 1.67 bits per heavy atom. The van der Waals surface area contributed by atoms with Crippen LogP contribution in [-0.2, 0) is 9.53 Å². The topological polar surface area (TPSA) is 49.9 Å². The van der Waals surface area contributed by atoms with Crippen LogP contribution in [0.15, 0.2) is 36.4 Å². The highest BCUT2D eigenvalue weighted by Crippen LogP contribution is 2.26. The molecular formula is C22H30N2O3. The highest BCUT2D eigenvalue weighted by molar-refractivity contribution is 5.81. The number of rotatable bonds is 2. The molecule has 2 amide bonds. The summed E-state index contributed by atoms with van der Waals surface area (Å²) < 4.78 is 5.43. The quantitative estimate of drug-likeness (QED) is 0.792. The van der Waals surface area contributed by atoms with Crippen molar-refractivity contribution < 1.29 is 14.3 Å². The minimum Gasteiger partial charge on any atom is -0.444 e.